The summed E-state index contributed by atoms with van der Waals surface area (Å²) in [6.45, 7) is 6.70. The summed E-state index contributed by atoms with van der Waals surface area (Å²) in [4.78, 5) is 14.8. The molecular formula is C20H30N2O2. The van der Waals surface area contributed by atoms with Crippen molar-refractivity contribution in [1.29, 1.82) is 0 Å². The van der Waals surface area contributed by atoms with Crippen LogP contribution in [-0.2, 0) is 4.79 Å². The van der Waals surface area contributed by atoms with Gasteiger partial charge in [-0.15, -0.1) is 0 Å². The Labute approximate surface area is 145 Å². The van der Waals surface area contributed by atoms with Gasteiger partial charge in [-0.2, -0.15) is 0 Å². The van der Waals surface area contributed by atoms with Gasteiger partial charge in [0.25, 0.3) is 5.91 Å². The van der Waals surface area contributed by atoms with E-state index < -0.39 is 0 Å². The Kier molecular flexibility index (Phi) is 5.77. The highest BCUT2D eigenvalue weighted by Gasteiger charge is 2.32. The van der Waals surface area contributed by atoms with Crippen molar-refractivity contribution >= 4 is 5.91 Å². The number of amides is 1. The normalized spacial score (nSPS) is 20.6. The lowest BCUT2D eigenvalue weighted by molar-refractivity contribution is -0.124. The number of benzene rings is 1. The zero-order valence-corrected chi connectivity index (χ0v) is 15.0. The maximum atomic E-state index is 12.2. The van der Waals surface area contributed by atoms with Crippen LogP contribution in [0.2, 0.25) is 0 Å². The molecule has 0 bridgehead atoms. The second-order valence-corrected chi connectivity index (χ2v) is 7.24. The van der Waals surface area contributed by atoms with Crippen LogP contribution in [0.15, 0.2) is 24.3 Å². The Hall–Kier alpha value is -1.55. The molecule has 0 unspecified atom stereocenters. The number of hydrogen-bond acceptors (Lipinski definition) is 3. The average molecular weight is 330 g/mol. The van der Waals surface area contributed by atoms with Gasteiger partial charge in [-0.3, -0.25) is 4.79 Å². The average Bonchev–Trinajstić information content (AvgIpc) is 3.45. The lowest BCUT2D eigenvalue weighted by atomic mass is 9.98. The Balaban J connectivity index is 1.44. The topological polar surface area (TPSA) is 41.6 Å². The minimum Gasteiger partial charge on any atom is -0.483 e. The molecule has 132 valence electrons. The lowest BCUT2D eigenvalue weighted by Crippen LogP contribution is -2.46. The SMILES string of the molecule is CC[C@H](C)c1ccccc1OCC(=O)NC1CCN(C2CC2)CC1. The van der Waals surface area contributed by atoms with E-state index >= 15 is 0 Å². The Morgan fingerprint density at radius 2 is 1.96 bits per heavy atom. The van der Waals surface area contributed by atoms with E-state index in [1.807, 2.05) is 18.2 Å². The van der Waals surface area contributed by atoms with Crippen molar-refractivity contribution in [1.82, 2.24) is 10.2 Å². The maximum Gasteiger partial charge on any atom is 0.258 e. The number of nitrogens with zero attached hydrogens (tertiary/aromatic N) is 1. The molecule has 1 aliphatic heterocycles. The number of likely N-dealkylation sites (tertiary alicyclic amines) is 1. The molecule has 1 aromatic rings. The highest BCUT2D eigenvalue weighted by Crippen LogP contribution is 2.29. The third-order valence-electron chi connectivity index (χ3n) is 5.38. The second kappa shape index (κ2) is 8.02. The molecule has 3 rings (SSSR count). The largest absolute Gasteiger partial charge is 0.483 e. The van der Waals surface area contributed by atoms with Crippen LogP contribution in [0.1, 0.15) is 57.4 Å². The molecule has 1 heterocycles. The molecule has 0 spiro atoms. The van der Waals surface area contributed by atoms with Crippen molar-refractivity contribution in [3.63, 3.8) is 0 Å². The van der Waals surface area contributed by atoms with Gasteiger partial charge in [0.2, 0.25) is 0 Å². The van der Waals surface area contributed by atoms with Crippen LogP contribution in [-0.4, -0.2) is 42.6 Å². The van der Waals surface area contributed by atoms with Gasteiger partial charge in [-0.1, -0.05) is 32.0 Å². The van der Waals surface area contributed by atoms with E-state index in [2.05, 4.69) is 30.1 Å². The number of nitrogens with one attached hydrogen (secondary N) is 1. The summed E-state index contributed by atoms with van der Waals surface area (Å²) in [6.07, 6.45) is 5.91. The highest BCUT2D eigenvalue weighted by atomic mass is 16.5. The van der Waals surface area contributed by atoms with Crippen molar-refractivity contribution in [3.05, 3.63) is 29.8 Å². The summed E-state index contributed by atoms with van der Waals surface area (Å²) in [6, 6.07) is 9.19. The molecule has 0 aromatic heterocycles. The number of hydrogen-bond donors (Lipinski definition) is 1. The first-order valence-corrected chi connectivity index (χ1v) is 9.42. The van der Waals surface area contributed by atoms with Gasteiger partial charge >= 0.3 is 0 Å². The van der Waals surface area contributed by atoms with Crippen LogP contribution in [0.25, 0.3) is 0 Å². The number of piperidine rings is 1. The summed E-state index contributed by atoms with van der Waals surface area (Å²) < 4.78 is 5.81. The molecule has 1 aromatic carbocycles. The number of rotatable bonds is 7. The van der Waals surface area contributed by atoms with E-state index in [1.54, 1.807) is 0 Å². The van der Waals surface area contributed by atoms with Gasteiger partial charge in [-0.25, -0.2) is 0 Å². The number of ether oxygens (including phenoxy) is 1. The fourth-order valence-electron chi connectivity index (χ4n) is 3.50. The van der Waals surface area contributed by atoms with Crippen LogP contribution in [0.3, 0.4) is 0 Å². The van der Waals surface area contributed by atoms with Gasteiger partial charge in [0.1, 0.15) is 5.75 Å². The molecule has 2 fully saturated rings. The number of carbonyl (C=O) groups is 1. The first-order chi connectivity index (χ1) is 11.7. The summed E-state index contributed by atoms with van der Waals surface area (Å²) in [5, 5.41) is 3.14. The predicted molar refractivity (Wildman–Crippen MR) is 96.4 cm³/mol. The van der Waals surface area contributed by atoms with Crippen molar-refractivity contribution in [2.24, 2.45) is 0 Å². The molecule has 1 saturated carbocycles. The third kappa shape index (κ3) is 4.50. The molecule has 1 amide bonds. The minimum absolute atomic E-state index is 0.00109. The van der Waals surface area contributed by atoms with E-state index in [0.29, 0.717) is 12.0 Å². The fourth-order valence-corrected chi connectivity index (χ4v) is 3.50. The summed E-state index contributed by atoms with van der Waals surface area (Å²) in [5.41, 5.74) is 1.19. The van der Waals surface area contributed by atoms with Gasteiger partial charge in [0.15, 0.2) is 6.61 Å². The van der Waals surface area contributed by atoms with E-state index in [4.69, 9.17) is 4.74 Å². The van der Waals surface area contributed by atoms with Crippen LogP contribution in [0, 0.1) is 0 Å². The Morgan fingerprint density at radius 1 is 1.25 bits per heavy atom. The number of carbonyl (C=O) groups excluding carboxylic acids is 1. The number of para-hydroxylation sites is 1. The molecule has 2 aliphatic rings. The summed E-state index contributed by atoms with van der Waals surface area (Å²) >= 11 is 0. The smallest absolute Gasteiger partial charge is 0.258 e. The van der Waals surface area contributed by atoms with Crippen molar-refractivity contribution < 1.29 is 9.53 Å². The molecule has 0 radical (unpaired) electrons. The molecule has 24 heavy (non-hydrogen) atoms. The van der Waals surface area contributed by atoms with E-state index in [9.17, 15) is 4.79 Å². The molecule has 1 N–H and O–H groups in total. The molecule has 1 saturated heterocycles. The molecule has 1 aliphatic carbocycles. The minimum atomic E-state index is -0.00109. The van der Waals surface area contributed by atoms with Crippen LogP contribution >= 0.6 is 0 Å². The first kappa shape index (κ1) is 17.3. The van der Waals surface area contributed by atoms with E-state index in [1.165, 1.54) is 18.4 Å². The van der Waals surface area contributed by atoms with Crippen molar-refractivity contribution in [3.8, 4) is 5.75 Å². The summed E-state index contributed by atoms with van der Waals surface area (Å²) in [5.74, 6) is 1.28. The first-order valence-electron chi connectivity index (χ1n) is 9.42. The standard InChI is InChI=1S/C20H30N2O2/c1-3-15(2)18-6-4-5-7-19(18)24-14-20(23)21-16-10-12-22(13-11-16)17-8-9-17/h4-7,15-17H,3,8-14H2,1-2H3,(H,21,23)/t15-/m0/s1. The van der Waals surface area contributed by atoms with Crippen LogP contribution in [0.4, 0.5) is 0 Å². The zero-order valence-electron chi connectivity index (χ0n) is 15.0. The van der Waals surface area contributed by atoms with Gasteiger partial charge in [0.05, 0.1) is 0 Å². The summed E-state index contributed by atoms with van der Waals surface area (Å²) in [7, 11) is 0. The highest BCUT2D eigenvalue weighted by molar-refractivity contribution is 5.77. The zero-order chi connectivity index (χ0) is 16.9. The van der Waals surface area contributed by atoms with Crippen LogP contribution < -0.4 is 10.1 Å². The van der Waals surface area contributed by atoms with Gasteiger partial charge in [0, 0.05) is 25.2 Å². The monoisotopic (exact) mass is 330 g/mol. The maximum absolute atomic E-state index is 12.2. The molecule has 1 atom stereocenters. The van der Waals surface area contributed by atoms with Gasteiger partial charge < -0.3 is 15.0 Å². The van der Waals surface area contributed by atoms with Gasteiger partial charge in [-0.05, 0) is 49.7 Å². The van der Waals surface area contributed by atoms with Crippen LogP contribution in [0.5, 0.6) is 5.75 Å². The second-order valence-electron chi connectivity index (χ2n) is 7.24. The Bertz CT molecular complexity index is 548. The van der Waals surface area contributed by atoms with E-state index in [-0.39, 0.29) is 12.5 Å². The van der Waals surface area contributed by atoms with E-state index in [0.717, 1.165) is 44.1 Å². The lowest BCUT2D eigenvalue weighted by Gasteiger charge is -2.32. The molecular weight excluding hydrogens is 300 g/mol. The quantitative estimate of drug-likeness (QED) is 0.834. The van der Waals surface area contributed by atoms with Crippen molar-refractivity contribution in [2.45, 2.75) is 64.0 Å². The fraction of sp³-hybridized carbons (Fsp3) is 0.650. The Morgan fingerprint density at radius 3 is 2.62 bits per heavy atom. The molecule has 4 nitrogen and oxygen atoms in total. The predicted octanol–water partition coefficient (Wildman–Crippen LogP) is 3.32. The third-order valence-corrected chi connectivity index (χ3v) is 5.38. The van der Waals surface area contributed by atoms with Crippen molar-refractivity contribution in [2.75, 3.05) is 19.7 Å². The molecule has 4 heteroatoms.